The van der Waals surface area contributed by atoms with Gasteiger partial charge in [0, 0.05) is 25.0 Å². The summed E-state index contributed by atoms with van der Waals surface area (Å²) >= 11 is 0. The molecule has 3 heteroatoms. The standard InChI is InChI=1S/C18H25N3/c1-13(2)11-19-12-15-10-14-6-4-5-7-17(14)18(20-15)21(3)16-8-9-16/h4-7,10,13,16,19H,8-9,11-12H2,1-3H3. The summed E-state index contributed by atoms with van der Waals surface area (Å²) in [6, 6.07) is 11.5. The van der Waals surface area contributed by atoms with E-state index in [0.29, 0.717) is 12.0 Å². The van der Waals surface area contributed by atoms with Gasteiger partial charge in [0.15, 0.2) is 0 Å². The minimum Gasteiger partial charge on any atom is -0.356 e. The Morgan fingerprint density at radius 2 is 2.05 bits per heavy atom. The van der Waals surface area contributed by atoms with Crippen molar-refractivity contribution in [1.29, 1.82) is 0 Å². The SMILES string of the molecule is CC(C)CNCc1cc2ccccc2c(N(C)C2CC2)n1. The Kier molecular flexibility index (Phi) is 4.11. The molecule has 21 heavy (non-hydrogen) atoms. The molecule has 0 saturated heterocycles. The molecule has 0 radical (unpaired) electrons. The smallest absolute Gasteiger partial charge is 0.136 e. The lowest BCUT2D eigenvalue weighted by Gasteiger charge is -2.21. The number of hydrogen-bond acceptors (Lipinski definition) is 3. The number of nitrogens with zero attached hydrogens (tertiary/aromatic N) is 2. The van der Waals surface area contributed by atoms with Crippen LogP contribution in [0.4, 0.5) is 5.82 Å². The Bertz CT molecular complexity index is 617. The molecule has 1 aliphatic carbocycles. The summed E-state index contributed by atoms with van der Waals surface area (Å²) in [7, 11) is 2.18. The molecular weight excluding hydrogens is 258 g/mol. The van der Waals surface area contributed by atoms with Crippen molar-refractivity contribution in [3.8, 4) is 0 Å². The molecule has 0 amide bonds. The third-order valence-electron chi connectivity index (χ3n) is 4.06. The number of hydrogen-bond donors (Lipinski definition) is 1. The van der Waals surface area contributed by atoms with Gasteiger partial charge >= 0.3 is 0 Å². The highest BCUT2D eigenvalue weighted by Gasteiger charge is 2.28. The van der Waals surface area contributed by atoms with Crippen LogP contribution >= 0.6 is 0 Å². The van der Waals surface area contributed by atoms with E-state index in [1.807, 2.05) is 0 Å². The summed E-state index contributed by atoms with van der Waals surface area (Å²) < 4.78 is 0. The van der Waals surface area contributed by atoms with E-state index in [2.05, 4.69) is 61.4 Å². The molecule has 0 spiro atoms. The van der Waals surface area contributed by atoms with E-state index in [9.17, 15) is 0 Å². The number of pyridine rings is 1. The predicted octanol–water partition coefficient (Wildman–Crippen LogP) is 3.58. The lowest BCUT2D eigenvalue weighted by molar-refractivity contribution is 0.548. The minimum absolute atomic E-state index is 0.666. The average molecular weight is 283 g/mol. The molecule has 1 N–H and O–H groups in total. The number of aromatic nitrogens is 1. The Balaban J connectivity index is 1.90. The molecular formula is C18H25N3. The zero-order valence-corrected chi connectivity index (χ0v) is 13.3. The maximum atomic E-state index is 4.92. The fourth-order valence-electron chi connectivity index (χ4n) is 2.72. The second-order valence-corrected chi connectivity index (χ2v) is 6.53. The van der Waals surface area contributed by atoms with Crippen molar-refractivity contribution in [1.82, 2.24) is 10.3 Å². The van der Waals surface area contributed by atoms with Crippen molar-refractivity contribution in [3.05, 3.63) is 36.0 Å². The summed E-state index contributed by atoms with van der Waals surface area (Å²) in [5, 5.41) is 6.05. The highest BCUT2D eigenvalue weighted by atomic mass is 15.2. The molecule has 1 fully saturated rings. The lowest BCUT2D eigenvalue weighted by atomic mass is 10.1. The van der Waals surface area contributed by atoms with Gasteiger partial charge in [-0.15, -0.1) is 0 Å². The zero-order chi connectivity index (χ0) is 14.8. The van der Waals surface area contributed by atoms with E-state index in [0.717, 1.165) is 24.6 Å². The highest BCUT2D eigenvalue weighted by molar-refractivity contribution is 5.92. The van der Waals surface area contributed by atoms with Crippen LogP contribution in [0, 0.1) is 5.92 Å². The highest BCUT2D eigenvalue weighted by Crippen LogP contribution is 2.33. The molecule has 1 aliphatic rings. The molecule has 1 heterocycles. The molecule has 3 rings (SSSR count). The Labute approximate surface area is 127 Å². The lowest BCUT2D eigenvalue weighted by Crippen LogP contribution is -2.23. The molecule has 0 unspecified atom stereocenters. The minimum atomic E-state index is 0.666. The van der Waals surface area contributed by atoms with Crippen LogP contribution in [0.1, 0.15) is 32.4 Å². The predicted molar refractivity (Wildman–Crippen MR) is 89.7 cm³/mol. The second-order valence-electron chi connectivity index (χ2n) is 6.53. The third-order valence-corrected chi connectivity index (χ3v) is 4.06. The van der Waals surface area contributed by atoms with Gasteiger partial charge in [0.25, 0.3) is 0 Å². The van der Waals surface area contributed by atoms with Gasteiger partial charge in [-0.3, -0.25) is 0 Å². The summed E-state index contributed by atoms with van der Waals surface area (Å²) in [6.07, 6.45) is 2.59. The van der Waals surface area contributed by atoms with Crippen molar-refractivity contribution >= 4 is 16.6 Å². The van der Waals surface area contributed by atoms with E-state index in [1.165, 1.54) is 23.6 Å². The molecule has 2 aromatic rings. The topological polar surface area (TPSA) is 28.2 Å². The van der Waals surface area contributed by atoms with Crippen molar-refractivity contribution in [2.75, 3.05) is 18.5 Å². The van der Waals surface area contributed by atoms with E-state index in [-0.39, 0.29) is 0 Å². The van der Waals surface area contributed by atoms with Gasteiger partial charge in [-0.25, -0.2) is 4.98 Å². The number of benzene rings is 1. The molecule has 1 aromatic carbocycles. The van der Waals surface area contributed by atoms with Crippen LogP contribution in [0.2, 0.25) is 0 Å². The average Bonchev–Trinajstić information content (AvgIpc) is 3.30. The van der Waals surface area contributed by atoms with Crippen LogP contribution in [0.3, 0.4) is 0 Å². The fraction of sp³-hybridized carbons (Fsp3) is 0.500. The van der Waals surface area contributed by atoms with Crippen LogP contribution in [0.25, 0.3) is 10.8 Å². The molecule has 0 bridgehead atoms. The van der Waals surface area contributed by atoms with Gasteiger partial charge < -0.3 is 10.2 Å². The number of fused-ring (bicyclic) bond motifs is 1. The first kappa shape index (κ1) is 14.3. The van der Waals surface area contributed by atoms with Crippen LogP contribution in [0.5, 0.6) is 0 Å². The maximum Gasteiger partial charge on any atom is 0.136 e. The van der Waals surface area contributed by atoms with Gasteiger partial charge in [0.05, 0.1) is 5.69 Å². The van der Waals surface area contributed by atoms with Crippen molar-refractivity contribution in [3.63, 3.8) is 0 Å². The Morgan fingerprint density at radius 1 is 1.29 bits per heavy atom. The molecule has 1 saturated carbocycles. The summed E-state index contributed by atoms with van der Waals surface area (Å²) in [5.41, 5.74) is 1.14. The van der Waals surface area contributed by atoms with Crippen LogP contribution < -0.4 is 10.2 Å². The Hall–Kier alpha value is -1.61. The molecule has 0 atom stereocenters. The zero-order valence-electron chi connectivity index (χ0n) is 13.3. The Morgan fingerprint density at radius 3 is 2.76 bits per heavy atom. The summed E-state index contributed by atoms with van der Waals surface area (Å²) in [5.74, 6) is 1.80. The van der Waals surface area contributed by atoms with Crippen LogP contribution in [-0.2, 0) is 6.54 Å². The van der Waals surface area contributed by atoms with Crippen LogP contribution in [-0.4, -0.2) is 24.6 Å². The normalized spacial score (nSPS) is 14.9. The maximum absolute atomic E-state index is 4.92. The third kappa shape index (κ3) is 3.35. The van der Waals surface area contributed by atoms with Gasteiger partial charge in [-0.1, -0.05) is 38.1 Å². The molecule has 0 aliphatic heterocycles. The monoisotopic (exact) mass is 283 g/mol. The largest absolute Gasteiger partial charge is 0.356 e. The first-order valence-electron chi connectivity index (χ1n) is 7.97. The van der Waals surface area contributed by atoms with Crippen molar-refractivity contribution < 1.29 is 0 Å². The first-order valence-corrected chi connectivity index (χ1v) is 7.97. The first-order chi connectivity index (χ1) is 10.1. The van der Waals surface area contributed by atoms with Gasteiger partial charge in [-0.2, -0.15) is 0 Å². The van der Waals surface area contributed by atoms with Gasteiger partial charge in [0.1, 0.15) is 5.82 Å². The molecule has 3 nitrogen and oxygen atoms in total. The van der Waals surface area contributed by atoms with E-state index < -0.39 is 0 Å². The second kappa shape index (κ2) is 6.02. The number of nitrogens with one attached hydrogen (secondary N) is 1. The van der Waals surface area contributed by atoms with E-state index >= 15 is 0 Å². The number of anilines is 1. The van der Waals surface area contributed by atoms with Crippen molar-refractivity contribution in [2.24, 2.45) is 5.92 Å². The van der Waals surface area contributed by atoms with E-state index in [1.54, 1.807) is 0 Å². The van der Waals surface area contributed by atoms with Gasteiger partial charge in [0.2, 0.25) is 0 Å². The molecule has 1 aromatic heterocycles. The van der Waals surface area contributed by atoms with Crippen molar-refractivity contribution in [2.45, 2.75) is 39.3 Å². The summed E-state index contributed by atoms with van der Waals surface area (Å²) in [4.78, 5) is 7.28. The van der Waals surface area contributed by atoms with Crippen LogP contribution in [0.15, 0.2) is 30.3 Å². The van der Waals surface area contributed by atoms with E-state index in [4.69, 9.17) is 4.98 Å². The quantitative estimate of drug-likeness (QED) is 0.878. The summed E-state index contributed by atoms with van der Waals surface area (Å²) in [6.45, 7) is 6.33. The molecule has 112 valence electrons. The number of rotatable bonds is 6. The van der Waals surface area contributed by atoms with Gasteiger partial charge in [-0.05, 0) is 36.8 Å². The fourth-order valence-corrected chi connectivity index (χ4v) is 2.72.